The average molecular weight is 394 g/mol. The Balaban J connectivity index is 1.52. The van der Waals surface area contributed by atoms with Crippen LogP contribution in [0.1, 0.15) is 22.6 Å². The van der Waals surface area contributed by atoms with Crippen molar-refractivity contribution < 1.29 is 9.72 Å². The lowest BCUT2D eigenvalue weighted by Gasteiger charge is -1.98. The molecule has 1 heterocycles. The quantitative estimate of drug-likeness (QED) is 0.349. The first-order chi connectivity index (χ1) is 13.6. The van der Waals surface area contributed by atoms with Gasteiger partial charge in [-0.25, -0.2) is 0 Å². The van der Waals surface area contributed by atoms with E-state index in [0.29, 0.717) is 10.7 Å². The van der Waals surface area contributed by atoms with E-state index in [-0.39, 0.29) is 5.69 Å². The molecule has 0 unspecified atom stereocenters. The molecule has 8 heteroatoms. The number of hydrogen-bond donors (Lipinski definition) is 1. The van der Waals surface area contributed by atoms with Crippen molar-refractivity contribution in [1.29, 1.82) is 0 Å². The first-order valence-electron chi connectivity index (χ1n) is 8.70. The zero-order valence-electron chi connectivity index (χ0n) is 14.9. The van der Waals surface area contributed by atoms with Gasteiger partial charge in [-0.2, -0.15) is 0 Å². The van der Waals surface area contributed by atoms with E-state index < -0.39 is 10.8 Å². The second-order valence-corrected chi connectivity index (χ2v) is 7.04. The van der Waals surface area contributed by atoms with Crippen molar-refractivity contribution in [3.05, 3.63) is 86.9 Å². The highest BCUT2D eigenvalue weighted by atomic mass is 32.1. The van der Waals surface area contributed by atoms with Gasteiger partial charge in [0, 0.05) is 18.6 Å². The van der Waals surface area contributed by atoms with Crippen LogP contribution in [0.15, 0.2) is 60.7 Å². The minimum atomic E-state index is -0.482. The Morgan fingerprint density at radius 1 is 1.07 bits per heavy atom. The van der Waals surface area contributed by atoms with Gasteiger partial charge < -0.3 is 0 Å². The standard InChI is InChI=1S/C20H18N4O3S/c25-18(14-13-16-10-4-5-11-17(16)24(26)27)21-20-23-22-19(28-20)12-6-9-15-7-2-1-3-8-15/h1-5,7-8,10-11,13-14H,6,9,12H2,(H,21,23,25)/b14-13+. The Morgan fingerprint density at radius 3 is 2.61 bits per heavy atom. The summed E-state index contributed by atoms with van der Waals surface area (Å²) in [6.45, 7) is 0. The summed E-state index contributed by atoms with van der Waals surface area (Å²) in [6.07, 6.45) is 5.35. The van der Waals surface area contributed by atoms with E-state index >= 15 is 0 Å². The van der Waals surface area contributed by atoms with Crippen molar-refractivity contribution in [2.75, 3.05) is 5.32 Å². The number of carbonyl (C=O) groups is 1. The molecule has 28 heavy (non-hydrogen) atoms. The number of aryl methyl sites for hydroxylation is 2. The Hall–Kier alpha value is -3.39. The fourth-order valence-electron chi connectivity index (χ4n) is 2.60. The first-order valence-corrected chi connectivity index (χ1v) is 9.52. The number of para-hydroxylation sites is 1. The molecule has 0 aliphatic rings. The number of benzene rings is 2. The summed E-state index contributed by atoms with van der Waals surface area (Å²) in [6, 6.07) is 16.4. The second kappa shape index (κ2) is 9.52. The smallest absolute Gasteiger partial charge is 0.276 e. The van der Waals surface area contributed by atoms with Crippen molar-refractivity contribution in [3.63, 3.8) is 0 Å². The van der Waals surface area contributed by atoms with Crippen molar-refractivity contribution in [3.8, 4) is 0 Å². The Morgan fingerprint density at radius 2 is 1.82 bits per heavy atom. The summed E-state index contributed by atoms with van der Waals surface area (Å²) < 4.78 is 0. The highest BCUT2D eigenvalue weighted by molar-refractivity contribution is 7.15. The molecule has 0 aliphatic heterocycles. The van der Waals surface area contributed by atoms with Crippen LogP contribution in [0.5, 0.6) is 0 Å². The van der Waals surface area contributed by atoms with E-state index in [1.807, 2.05) is 18.2 Å². The molecule has 0 aliphatic carbocycles. The minimum Gasteiger partial charge on any atom is -0.297 e. The zero-order chi connectivity index (χ0) is 19.8. The molecule has 0 spiro atoms. The third-order valence-corrected chi connectivity index (χ3v) is 4.84. The van der Waals surface area contributed by atoms with Crippen LogP contribution < -0.4 is 5.32 Å². The lowest BCUT2D eigenvalue weighted by atomic mass is 10.1. The predicted octanol–water partition coefficient (Wildman–Crippen LogP) is 4.27. The number of anilines is 1. The van der Waals surface area contributed by atoms with Crippen LogP contribution in [-0.4, -0.2) is 21.0 Å². The van der Waals surface area contributed by atoms with Gasteiger partial charge in [0.15, 0.2) is 0 Å². The topological polar surface area (TPSA) is 98.0 Å². The molecule has 7 nitrogen and oxygen atoms in total. The maximum atomic E-state index is 12.0. The van der Waals surface area contributed by atoms with E-state index in [0.717, 1.165) is 24.3 Å². The van der Waals surface area contributed by atoms with Crippen molar-refractivity contribution >= 4 is 34.1 Å². The zero-order valence-corrected chi connectivity index (χ0v) is 15.8. The van der Waals surface area contributed by atoms with E-state index in [9.17, 15) is 14.9 Å². The monoisotopic (exact) mass is 394 g/mol. The van der Waals surface area contributed by atoms with Gasteiger partial charge in [0.25, 0.3) is 5.69 Å². The lowest BCUT2D eigenvalue weighted by molar-refractivity contribution is -0.385. The number of nitrogens with zero attached hydrogens (tertiary/aromatic N) is 3. The van der Waals surface area contributed by atoms with E-state index in [1.54, 1.807) is 18.2 Å². The van der Waals surface area contributed by atoms with Crippen LogP contribution >= 0.6 is 11.3 Å². The van der Waals surface area contributed by atoms with E-state index in [2.05, 4.69) is 27.6 Å². The normalized spacial score (nSPS) is 10.9. The maximum absolute atomic E-state index is 12.0. The molecule has 142 valence electrons. The molecular formula is C20H18N4O3S. The molecule has 0 bridgehead atoms. The molecule has 1 aromatic heterocycles. The van der Waals surface area contributed by atoms with Gasteiger partial charge in [-0.1, -0.05) is 53.8 Å². The Labute approximate surface area is 165 Å². The molecule has 0 radical (unpaired) electrons. The van der Waals surface area contributed by atoms with Gasteiger partial charge in [-0.05, 0) is 30.5 Å². The highest BCUT2D eigenvalue weighted by Crippen LogP contribution is 2.20. The number of nitrogens with one attached hydrogen (secondary N) is 1. The summed E-state index contributed by atoms with van der Waals surface area (Å²) in [7, 11) is 0. The number of rotatable bonds is 8. The van der Waals surface area contributed by atoms with Gasteiger partial charge in [0.05, 0.1) is 10.5 Å². The molecule has 0 saturated carbocycles. The lowest BCUT2D eigenvalue weighted by Crippen LogP contribution is -2.07. The van der Waals surface area contributed by atoms with Crippen LogP contribution in [0.2, 0.25) is 0 Å². The molecule has 3 rings (SSSR count). The number of nitro benzene ring substituents is 1. The fourth-order valence-corrected chi connectivity index (χ4v) is 3.39. The molecule has 1 amide bonds. The van der Waals surface area contributed by atoms with Crippen molar-refractivity contribution in [2.24, 2.45) is 0 Å². The summed E-state index contributed by atoms with van der Waals surface area (Å²) in [5.74, 6) is -0.412. The van der Waals surface area contributed by atoms with Gasteiger partial charge in [0.2, 0.25) is 11.0 Å². The first kappa shape index (κ1) is 19.4. The highest BCUT2D eigenvalue weighted by Gasteiger charge is 2.10. The summed E-state index contributed by atoms with van der Waals surface area (Å²) >= 11 is 1.33. The van der Waals surface area contributed by atoms with Gasteiger partial charge in [0.1, 0.15) is 5.01 Å². The third-order valence-electron chi connectivity index (χ3n) is 3.94. The minimum absolute atomic E-state index is 0.0526. The van der Waals surface area contributed by atoms with Gasteiger partial charge in [-0.3, -0.25) is 20.2 Å². The number of carbonyl (C=O) groups excluding carboxylic acids is 1. The molecule has 2 aromatic carbocycles. The summed E-state index contributed by atoms with van der Waals surface area (Å²) in [5, 5.41) is 23.0. The van der Waals surface area contributed by atoms with E-state index in [1.165, 1.54) is 35.1 Å². The second-order valence-electron chi connectivity index (χ2n) is 5.98. The van der Waals surface area contributed by atoms with Crippen LogP contribution in [0.3, 0.4) is 0 Å². The van der Waals surface area contributed by atoms with Gasteiger partial charge in [-0.15, -0.1) is 10.2 Å². The van der Waals surface area contributed by atoms with Crippen LogP contribution in [0.25, 0.3) is 6.08 Å². The maximum Gasteiger partial charge on any atom is 0.276 e. The molecule has 1 N–H and O–H groups in total. The Bertz CT molecular complexity index is 986. The van der Waals surface area contributed by atoms with Crippen molar-refractivity contribution in [1.82, 2.24) is 10.2 Å². The number of amides is 1. The number of nitro groups is 1. The van der Waals surface area contributed by atoms with E-state index in [4.69, 9.17) is 0 Å². The molecule has 0 saturated heterocycles. The molecule has 0 atom stereocenters. The molecule has 0 fully saturated rings. The van der Waals surface area contributed by atoms with Crippen molar-refractivity contribution in [2.45, 2.75) is 19.3 Å². The van der Waals surface area contributed by atoms with Crippen LogP contribution in [0.4, 0.5) is 10.8 Å². The summed E-state index contributed by atoms with van der Waals surface area (Å²) in [4.78, 5) is 22.6. The molecular weight excluding hydrogens is 376 g/mol. The SMILES string of the molecule is O=C(/C=C/c1ccccc1[N+](=O)[O-])Nc1nnc(CCCc2ccccc2)s1. The predicted molar refractivity (Wildman–Crippen MR) is 109 cm³/mol. The average Bonchev–Trinajstić information content (AvgIpc) is 3.14. The van der Waals surface area contributed by atoms with Crippen LogP contribution in [-0.2, 0) is 17.6 Å². The van der Waals surface area contributed by atoms with Gasteiger partial charge >= 0.3 is 0 Å². The fraction of sp³-hybridized carbons (Fsp3) is 0.150. The largest absolute Gasteiger partial charge is 0.297 e. The third kappa shape index (κ3) is 5.55. The Kier molecular flexibility index (Phi) is 6.59. The molecule has 3 aromatic rings. The number of hydrogen-bond acceptors (Lipinski definition) is 6. The summed E-state index contributed by atoms with van der Waals surface area (Å²) in [5.41, 5.74) is 1.59. The van der Waals surface area contributed by atoms with Crippen LogP contribution in [0, 0.1) is 10.1 Å². The number of aromatic nitrogens is 2.